The van der Waals surface area contributed by atoms with E-state index < -0.39 is 0 Å². The Balaban J connectivity index is 1.66. The van der Waals surface area contributed by atoms with Crippen molar-refractivity contribution in [3.05, 3.63) is 71.8 Å². The van der Waals surface area contributed by atoms with Crippen molar-refractivity contribution in [2.24, 2.45) is 11.7 Å². The molecule has 2 aromatic carbocycles. The Morgan fingerprint density at radius 3 is 2.45 bits per heavy atom. The molecule has 1 fully saturated rings. The summed E-state index contributed by atoms with van der Waals surface area (Å²) in [6.45, 7) is 2.14. The van der Waals surface area contributed by atoms with Crippen molar-refractivity contribution in [1.82, 2.24) is 10.2 Å². The highest BCUT2D eigenvalue weighted by atomic mass is 16.2. The van der Waals surface area contributed by atoms with E-state index in [9.17, 15) is 9.59 Å². The fraction of sp³-hybridized carbons (Fsp3) is 0.417. The van der Waals surface area contributed by atoms with Crippen LogP contribution in [0.25, 0.3) is 0 Å². The Labute approximate surface area is 173 Å². The first kappa shape index (κ1) is 21.1. The van der Waals surface area contributed by atoms with Gasteiger partial charge in [-0.1, -0.05) is 60.7 Å². The second-order valence-corrected chi connectivity index (χ2v) is 7.76. The average molecular weight is 394 g/mol. The summed E-state index contributed by atoms with van der Waals surface area (Å²) in [5.74, 6) is 0.129. The molecule has 2 atom stereocenters. The summed E-state index contributed by atoms with van der Waals surface area (Å²) in [6.07, 6.45) is 2.97. The third kappa shape index (κ3) is 6.16. The van der Waals surface area contributed by atoms with Gasteiger partial charge in [-0.05, 0) is 36.3 Å². The van der Waals surface area contributed by atoms with E-state index in [1.165, 1.54) is 11.1 Å². The molecule has 29 heavy (non-hydrogen) atoms. The second kappa shape index (κ2) is 10.8. The van der Waals surface area contributed by atoms with Crippen LogP contribution in [0.5, 0.6) is 0 Å². The minimum atomic E-state index is -0.136. The van der Waals surface area contributed by atoms with Crippen LogP contribution in [0, 0.1) is 5.92 Å². The van der Waals surface area contributed by atoms with E-state index in [1.54, 1.807) is 0 Å². The van der Waals surface area contributed by atoms with Crippen molar-refractivity contribution in [3.63, 3.8) is 0 Å². The van der Waals surface area contributed by atoms with Gasteiger partial charge in [-0.25, -0.2) is 0 Å². The third-order valence-corrected chi connectivity index (χ3v) is 5.61. The molecule has 154 valence electrons. The normalized spacial score (nSPS) is 17.6. The number of amides is 2. The van der Waals surface area contributed by atoms with Gasteiger partial charge >= 0.3 is 0 Å². The molecule has 0 aromatic heterocycles. The molecule has 0 saturated carbocycles. The van der Waals surface area contributed by atoms with Crippen molar-refractivity contribution >= 4 is 11.8 Å². The number of nitrogens with one attached hydrogen (secondary N) is 1. The van der Waals surface area contributed by atoms with E-state index in [0.717, 1.165) is 25.8 Å². The summed E-state index contributed by atoms with van der Waals surface area (Å²) in [6, 6.07) is 20.5. The van der Waals surface area contributed by atoms with Crippen molar-refractivity contribution in [2.75, 3.05) is 26.2 Å². The lowest BCUT2D eigenvalue weighted by Crippen LogP contribution is -2.46. The van der Waals surface area contributed by atoms with Gasteiger partial charge in [0.1, 0.15) is 0 Å². The van der Waals surface area contributed by atoms with Crippen molar-refractivity contribution in [3.8, 4) is 0 Å². The maximum absolute atomic E-state index is 13.1. The lowest BCUT2D eigenvalue weighted by atomic mass is 9.88. The van der Waals surface area contributed by atoms with Gasteiger partial charge in [-0.2, -0.15) is 0 Å². The number of nitrogens with two attached hydrogens (primary N) is 1. The Kier molecular flexibility index (Phi) is 7.82. The number of benzene rings is 2. The first-order valence-corrected chi connectivity index (χ1v) is 10.5. The Morgan fingerprint density at radius 2 is 1.76 bits per heavy atom. The van der Waals surface area contributed by atoms with E-state index in [1.807, 2.05) is 41.3 Å². The lowest BCUT2D eigenvalue weighted by Gasteiger charge is -2.33. The largest absolute Gasteiger partial charge is 0.355 e. The highest BCUT2D eigenvalue weighted by molar-refractivity contribution is 5.81. The molecule has 2 aromatic rings. The zero-order chi connectivity index (χ0) is 20.5. The molecule has 0 radical (unpaired) electrons. The van der Waals surface area contributed by atoms with E-state index in [0.29, 0.717) is 26.1 Å². The van der Waals surface area contributed by atoms with Crippen molar-refractivity contribution < 1.29 is 9.59 Å². The van der Waals surface area contributed by atoms with Crippen LogP contribution < -0.4 is 11.1 Å². The first-order valence-electron chi connectivity index (χ1n) is 10.5. The number of rotatable bonds is 8. The van der Waals surface area contributed by atoms with Gasteiger partial charge in [0.25, 0.3) is 0 Å². The summed E-state index contributed by atoms with van der Waals surface area (Å²) in [4.78, 5) is 27.3. The van der Waals surface area contributed by atoms with Crippen LogP contribution >= 0.6 is 0 Å². The maximum Gasteiger partial charge on any atom is 0.224 e. The molecular formula is C24H31N3O2. The number of nitrogens with zero attached hydrogens (tertiary/aromatic N) is 1. The predicted molar refractivity (Wildman–Crippen MR) is 115 cm³/mol. The number of carbonyl (C=O) groups is 2. The molecule has 2 unspecified atom stereocenters. The Hall–Kier alpha value is -2.66. The van der Waals surface area contributed by atoms with Gasteiger partial charge in [0.05, 0.1) is 5.92 Å². The summed E-state index contributed by atoms with van der Waals surface area (Å²) in [5.41, 5.74) is 7.88. The molecule has 5 nitrogen and oxygen atoms in total. The highest BCUT2D eigenvalue weighted by Crippen LogP contribution is 2.27. The van der Waals surface area contributed by atoms with Gasteiger partial charge in [-0.3, -0.25) is 9.59 Å². The molecule has 3 rings (SSSR count). The standard InChI is InChI=1S/C24H31N3O2/c25-13-14-26-24(29)21-12-7-15-27(18-21)23(28)17-22(20-10-5-2-6-11-20)16-19-8-3-1-4-9-19/h1-6,8-11,21-22H,7,12-18,25H2,(H,26,29). The summed E-state index contributed by atoms with van der Waals surface area (Å²) in [7, 11) is 0. The first-order chi connectivity index (χ1) is 14.2. The number of piperidine rings is 1. The zero-order valence-corrected chi connectivity index (χ0v) is 16.9. The molecule has 0 aliphatic carbocycles. The monoisotopic (exact) mass is 393 g/mol. The summed E-state index contributed by atoms with van der Waals surface area (Å²) in [5, 5.41) is 2.86. The molecule has 1 saturated heterocycles. The van der Waals surface area contributed by atoms with Gasteiger partial charge in [0.15, 0.2) is 0 Å². The zero-order valence-electron chi connectivity index (χ0n) is 16.9. The van der Waals surface area contributed by atoms with Crippen LogP contribution in [0.4, 0.5) is 0 Å². The summed E-state index contributed by atoms with van der Waals surface area (Å²) >= 11 is 0. The fourth-order valence-corrected chi connectivity index (χ4v) is 4.03. The van der Waals surface area contributed by atoms with Crippen LogP contribution in [0.1, 0.15) is 36.3 Å². The minimum Gasteiger partial charge on any atom is -0.355 e. The van der Waals surface area contributed by atoms with E-state index in [-0.39, 0.29) is 23.7 Å². The third-order valence-electron chi connectivity index (χ3n) is 5.61. The summed E-state index contributed by atoms with van der Waals surface area (Å²) < 4.78 is 0. The number of hydrogen-bond acceptors (Lipinski definition) is 3. The van der Waals surface area contributed by atoms with Crippen LogP contribution in [-0.4, -0.2) is 42.9 Å². The van der Waals surface area contributed by atoms with Crippen LogP contribution in [0.15, 0.2) is 60.7 Å². The molecular weight excluding hydrogens is 362 g/mol. The number of likely N-dealkylation sites (tertiary alicyclic amines) is 1. The molecule has 1 aliphatic heterocycles. The van der Waals surface area contributed by atoms with E-state index in [4.69, 9.17) is 5.73 Å². The molecule has 1 aliphatic rings. The lowest BCUT2D eigenvalue weighted by molar-refractivity contribution is -0.136. The van der Waals surface area contributed by atoms with Gasteiger partial charge in [0, 0.05) is 32.6 Å². The van der Waals surface area contributed by atoms with Crippen LogP contribution in [0.3, 0.4) is 0 Å². The van der Waals surface area contributed by atoms with Crippen molar-refractivity contribution in [2.45, 2.75) is 31.6 Å². The van der Waals surface area contributed by atoms with E-state index in [2.05, 4.69) is 29.6 Å². The molecule has 0 spiro atoms. The smallest absolute Gasteiger partial charge is 0.224 e. The predicted octanol–water partition coefficient (Wildman–Crippen LogP) is 2.72. The average Bonchev–Trinajstić information content (AvgIpc) is 2.78. The molecule has 1 heterocycles. The number of hydrogen-bond donors (Lipinski definition) is 2. The molecule has 0 bridgehead atoms. The Morgan fingerprint density at radius 1 is 1.07 bits per heavy atom. The minimum absolute atomic E-state index is 0.0110. The highest BCUT2D eigenvalue weighted by Gasteiger charge is 2.29. The second-order valence-electron chi connectivity index (χ2n) is 7.76. The maximum atomic E-state index is 13.1. The Bertz CT molecular complexity index is 779. The molecule has 3 N–H and O–H groups in total. The topological polar surface area (TPSA) is 75.4 Å². The van der Waals surface area contributed by atoms with Crippen LogP contribution in [-0.2, 0) is 16.0 Å². The van der Waals surface area contributed by atoms with Gasteiger partial charge in [-0.15, -0.1) is 0 Å². The quantitative estimate of drug-likeness (QED) is 0.724. The van der Waals surface area contributed by atoms with Crippen LogP contribution in [0.2, 0.25) is 0 Å². The number of carbonyl (C=O) groups excluding carboxylic acids is 2. The SMILES string of the molecule is NCCNC(=O)C1CCCN(C(=O)CC(Cc2ccccc2)c2ccccc2)C1. The molecule has 5 heteroatoms. The van der Waals surface area contributed by atoms with Crippen molar-refractivity contribution in [1.29, 1.82) is 0 Å². The molecule has 2 amide bonds. The fourth-order valence-electron chi connectivity index (χ4n) is 4.03. The van der Waals surface area contributed by atoms with Gasteiger partial charge in [0.2, 0.25) is 11.8 Å². The van der Waals surface area contributed by atoms with Gasteiger partial charge < -0.3 is 16.0 Å². The van der Waals surface area contributed by atoms with E-state index >= 15 is 0 Å².